The Morgan fingerprint density at radius 1 is 1.10 bits per heavy atom. The van der Waals surface area contributed by atoms with Crippen molar-refractivity contribution in [3.8, 4) is 0 Å². The maximum absolute atomic E-state index is 12.2. The molecular formula is C16H15F2NOS. The maximum Gasteiger partial charge on any atom is 0.288 e. The zero-order valence-electron chi connectivity index (χ0n) is 11.5. The third-order valence-corrected chi connectivity index (χ3v) is 3.64. The van der Waals surface area contributed by atoms with Crippen LogP contribution in [0.5, 0.6) is 0 Å². The summed E-state index contributed by atoms with van der Waals surface area (Å²) < 4.78 is 24.4. The average molecular weight is 307 g/mol. The van der Waals surface area contributed by atoms with Gasteiger partial charge in [0.2, 0.25) is 0 Å². The van der Waals surface area contributed by atoms with Crippen LogP contribution in [-0.4, -0.2) is 11.7 Å². The molecule has 0 aliphatic rings. The second-order valence-corrected chi connectivity index (χ2v) is 5.63. The summed E-state index contributed by atoms with van der Waals surface area (Å²) in [5.74, 6) is -2.67. The fraction of sp³-hybridized carbons (Fsp3) is 0.188. The largest absolute Gasteiger partial charge is 0.348 e. The van der Waals surface area contributed by atoms with Gasteiger partial charge in [-0.15, -0.1) is 0 Å². The van der Waals surface area contributed by atoms with E-state index in [4.69, 9.17) is 0 Å². The summed E-state index contributed by atoms with van der Waals surface area (Å²) in [7, 11) is 0. The number of thioether (sulfide) groups is 1. The van der Waals surface area contributed by atoms with Gasteiger partial charge in [0, 0.05) is 17.0 Å². The third-order valence-electron chi connectivity index (χ3n) is 2.92. The molecule has 0 aromatic heterocycles. The molecule has 5 heteroatoms. The van der Waals surface area contributed by atoms with Crippen LogP contribution in [0.4, 0.5) is 8.78 Å². The summed E-state index contributed by atoms with van der Waals surface area (Å²) in [5, 5.41) is 2.80. The summed E-state index contributed by atoms with van der Waals surface area (Å²) in [6.07, 6.45) is 0. The van der Waals surface area contributed by atoms with Crippen LogP contribution >= 0.6 is 11.8 Å². The zero-order valence-corrected chi connectivity index (χ0v) is 12.3. The maximum atomic E-state index is 12.2. The van der Waals surface area contributed by atoms with Crippen LogP contribution in [0.3, 0.4) is 0 Å². The lowest BCUT2D eigenvalue weighted by atomic mass is 10.1. The second kappa shape index (κ2) is 7.22. The Morgan fingerprint density at radius 2 is 1.71 bits per heavy atom. The number of rotatable bonds is 5. The van der Waals surface area contributed by atoms with Crippen molar-refractivity contribution in [2.24, 2.45) is 0 Å². The van der Waals surface area contributed by atoms with Crippen molar-refractivity contribution in [1.29, 1.82) is 0 Å². The molecule has 0 aliphatic carbocycles. The van der Waals surface area contributed by atoms with Gasteiger partial charge < -0.3 is 5.32 Å². The zero-order chi connectivity index (χ0) is 15.2. The lowest BCUT2D eigenvalue weighted by Crippen LogP contribution is -2.22. The first kappa shape index (κ1) is 15.5. The quantitative estimate of drug-likeness (QED) is 0.837. The molecule has 0 aliphatic heterocycles. The molecule has 0 radical (unpaired) electrons. The van der Waals surface area contributed by atoms with E-state index in [9.17, 15) is 13.6 Å². The van der Waals surface area contributed by atoms with Crippen molar-refractivity contribution in [3.05, 3.63) is 65.2 Å². The molecule has 0 saturated heterocycles. The number of carbonyl (C=O) groups excluding carboxylic acids is 1. The molecule has 0 bridgehead atoms. The fourth-order valence-corrected chi connectivity index (χ4v) is 2.28. The summed E-state index contributed by atoms with van der Waals surface area (Å²) in [6.45, 7) is 2.44. The first-order chi connectivity index (χ1) is 10.0. The molecule has 0 unspecified atom stereocenters. The summed E-state index contributed by atoms with van der Waals surface area (Å²) in [5.41, 5.74) is 2.64. The summed E-state index contributed by atoms with van der Waals surface area (Å²) in [6, 6.07) is 14.0. The third kappa shape index (κ3) is 4.86. The van der Waals surface area contributed by atoms with E-state index in [1.165, 1.54) is 12.1 Å². The molecule has 1 amide bonds. The van der Waals surface area contributed by atoms with E-state index < -0.39 is 5.76 Å². The molecule has 0 saturated carbocycles. The standard InChI is InChI=1S/C16H15F2NOS/c1-11-2-4-12(5-3-11)10-19-15(20)13-6-8-14(9-7-13)21-16(17)18/h2-9,16H,10H2,1H3,(H,19,20). The molecule has 2 nitrogen and oxygen atoms in total. The minimum Gasteiger partial charge on any atom is -0.348 e. The van der Waals surface area contributed by atoms with Crippen molar-refractivity contribution >= 4 is 17.7 Å². The smallest absolute Gasteiger partial charge is 0.288 e. The Balaban J connectivity index is 1.92. The number of benzene rings is 2. The van der Waals surface area contributed by atoms with Crippen LogP contribution in [0.1, 0.15) is 21.5 Å². The highest BCUT2D eigenvalue weighted by molar-refractivity contribution is 7.99. The summed E-state index contributed by atoms with van der Waals surface area (Å²) >= 11 is 0.465. The van der Waals surface area contributed by atoms with Gasteiger partial charge in [-0.2, -0.15) is 8.78 Å². The summed E-state index contributed by atoms with van der Waals surface area (Å²) in [4.78, 5) is 12.4. The fourth-order valence-electron chi connectivity index (χ4n) is 1.78. The van der Waals surface area contributed by atoms with E-state index >= 15 is 0 Å². The molecule has 0 atom stereocenters. The van der Waals surface area contributed by atoms with Gasteiger partial charge in [-0.25, -0.2) is 0 Å². The Kier molecular flexibility index (Phi) is 5.33. The number of carbonyl (C=O) groups is 1. The van der Waals surface area contributed by atoms with E-state index in [0.717, 1.165) is 11.1 Å². The number of hydrogen-bond acceptors (Lipinski definition) is 2. The number of amides is 1. The number of alkyl halides is 2. The molecule has 110 valence electrons. The van der Waals surface area contributed by atoms with E-state index in [1.807, 2.05) is 31.2 Å². The highest BCUT2D eigenvalue weighted by atomic mass is 32.2. The number of aryl methyl sites for hydroxylation is 1. The lowest BCUT2D eigenvalue weighted by Gasteiger charge is -2.06. The van der Waals surface area contributed by atoms with Gasteiger partial charge in [0.25, 0.3) is 11.7 Å². The van der Waals surface area contributed by atoms with Gasteiger partial charge in [-0.3, -0.25) is 4.79 Å². The van der Waals surface area contributed by atoms with Gasteiger partial charge in [0.05, 0.1) is 0 Å². The number of nitrogens with one attached hydrogen (secondary N) is 1. The lowest BCUT2D eigenvalue weighted by molar-refractivity contribution is 0.0951. The van der Waals surface area contributed by atoms with Gasteiger partial charge in [0.1, 0.15) is 0 Å². The first-order valence-corrected chi connectivity index (χ1v) is 7.31. The predicted molar refractivity (Wildman–Crippen MR) is 80.7 cm³/mol. The number of hydrogen-bond donors (Lipinski definition) is 1. The van der Waals surface area contributed by atoms with Crippen molar-refractivity contribution in [2.75, 3.05) is 0 Å². The van der Waals surface area contributed by atoms with E-state index in [-0.39, 0.29) is 5.91 Å². The van der Waals surface area contributed by atoms with E-state index in [0.29, 0.717) is 28.8 Å². The Hall–Kier alpha value is -1.88. The molecule has 1 N–H and O–H groups in total. The molecule has 2 aromatic carbocycles. The molecule has 2 rings (SSSR count). The van der Waals surface area contributed by atoms with Crippen LogP contribution in [0.15, 0.2) is 53.4 Å². The minimum atomic E-state index is -2.45. The van der Waals surface area contributed by atoms with Crippen LogP contribution in [-0.2, 0) is 6.54 Å². The minimum absolute atomic E-state index is 0.218. The molecule has 0 spiro atoms. The van der Waals surface area contributed by atoms with Crippen molar-refractivity contribution in [2.45, 2.75) is 24.1 Å². The molecule has 0 fully saturated rings. The molecular weight excluding hydrogens is 292 g/mol. The SMILES string of the molecule is Cc1ccc(CNC(=O)c2ccc(SC(F)F)cc2)cc1. The molecule has 21 heavy (non-hydrogen) atoms. The van der Waals surface area contributed by atoms with Gasteiger partial charge >= 0.3 is 0 Å². The monoisotopic (exact) mass is 307 g/mol. The topological polar surface area (TPSA) is 29.1 Å². The Morgan fingerprint density at radius 3 is 2.29 bits per heavy atom. The van der Waals surface area contributed by atoms with Gasteiger partial charge in [-0.05, 0) is 36.8 Å². The highest BCUT2D eigenvalue weighted by Crippen LogP contribution is 2.25. The Bertz CT molecular complexity index is 597. The van der Waals surface area contributed by atoms with Crippen molar-refractivity contribution < 1.29 is 13.6 Å². The van der Waals surface area contributed by atoms with Gasteiger partial charge in [0.15, 0.2) is 0 Å². The van der Waals surface area contributed by atoms with Crippen molar-refractivity contribution in [3.63, 3.8) is 0 Å². The van der Waals surface area contributed by atoms with Crippen LogP contribution < -0.4 is 5.32 Å². The molecule has 0 heterocycles. The normalized spacial score (nSPS) is 10.7. The highest BCUT2D eigenvalue weighted by Gasteiger charge is 2.08. The average Bonchev–Trinajstić information content (AvgIpc) is 2.46. The Labute approximate surface area is 126 Å². The van der Waals surface area contributed by atoms with Crippen LogP contribution in [0.25, 0.3) is 0 Å². The molecule has 2 aromatic rings. The van der Waals surface area contributed by atoms with Crippen LogP contribution in [0.2, 0.25) is 0 Å². The van der Waals surface area contributed by atoms with Crippen LogP contribution in [0, 0.1) is 6.92 Å². The van der Waals surface area contributed by atoms with Crippen molar-refractivity contribution in [1.82, 2.24) is 5.32 Å². The van der Waals surface area contributed by atoms with E-state index in [2.05, 4.69) is 5.32 Å². The predicted octanol–water partition coefficient (Wildman–Crippen LogP) is 4.24. The van der Waals surface area contributed by atoms with E-state index in [1.54, 1.807) is 12.1 Å². The first-order valence-electron chi connectivity index (χ1n) is 6.43. The second-order valence-electron chi connectivity index (χ2n) is 4.57. The number of halogens is 2. The van der Waals surface area contributed by atoms with Gasteiger partial charge in [-0.1, -0.05) is 41.6 Å².